The van der Waals surface area contributed by atoms with Crippen LogP contribution in [-0.2, 0) is 24.0 Å². The van der Waals surface area contributed by atoms with Gasteiger partial charge in [0.05, 0.1) is 18.6 Å². The van der Waals surface area contributed by atoms with E-state index in [1.54, 1.807) is 14.0 Å². The van der Waals surface area contributed by atoms with E-state index < -0.39 is 36.0 Å². The first-order valence-electron chi connectivity index (χ1n) is 12.9. The van der Waals surface area contributed by atoms with Crippen molar-refractivity contribution >= 4 is 29.9 Å². The first-order valence-corrected chi connectivity index (χ1v) is 12.9. The van der Waals surface area contributed by atoms with Crippen molar-refractivity contribution in [3.8, 4) is 0 Å². The number of hydrogen-bond donors (Lipinski definition) is 2. The highest BCUT2D eigenvalue weighted by Crippen LogP contribution is 2.16. The fourth-order valence-corrected chi connectivity index (χ4v) is 3.85. The Morgan fingerprint density at radius 3 is 1.81 bits per heavy atom. The highest BCUT2D eigenvalue weighted by Gasteiger charge is 2.35. The van der Waals surface area contributed by atoms with Crippen LogP contribution < -0.4 is 11.1 Å². The van der Waals surface area contributed by atoms with Gasteiger partial charge in [-0.15, -0.1) is 0 Å². The van der Waals surface area contributed by atoms with Gasteiger partial charge in [0.25, 0.3) is 0 Å². The molecule has 0 aliphatic heterocycles. The zero-order valence-electron chi connectivity index (χ0n) is 23.9. The van der Waals surface area contributed by atoms with Crippen LogP contribution >= 0.6 is 0 Å². The number of hydrogen-bond acceptors (Lipinski definition) is 6. The van der Waals surface area contributed by atoms with Crippen LogP contribution in [0.25, 0.3) is 0 Å². The number of rotatable bonds is 15. The molecule has 0 rings (SSSR count). The fraction of sp³-hybridized carbons (Fsp3) is 0.808. The van der Waals surface area contributed by atoms with Crippen molar-refractivity contribution in [3.05, 3.63) is 0 Å². The second-order valence-electron chi connectivity index (χ2n) is 10.9. The lowest BCUT2D eigenvalue weighted by Crippen LogP contribution is -2.58. The Bertz CT molecular complexity index is 755. The normalized spacial score (nSPS) is 14.7. The van der Waals surface area contributed by atoms with Crippen molar-refractivity contribution < 1.29 is 24.0 Å². The Morgan fingerprint density at radius 1 is 0.861 bits per heavy atom. The Hall–Kier alpha value is -2.49. The third kappa shape index (κ3) is 10.2. The predicted octanol–water partition coefficient (Wildman–Crippen LogP) is 1.27. The zero-order chi connectivity index (χ0) is 28.3. The van der Waals surface area contributed by atoms with Gasteiger partial charge in [-0.3, -0.25) is 19.2 Å². The maximum absolute atomic E-state index is 13.4. The highest BCUT2D eigenvalue weighted by atomic mass is 16.2. The molecule has 0 bridgehead atoms. The topological polar surface area (TPSA) is 133 Å². The second kappa shape index (κ2) is 15.6. The maximum atomic E-state index is 13.4. The molecule has 0 aromatic rings. The third-order valence-electron chi connectivity index (χ3n) is 6.31. The van der Waals surface area contributed by atoms with Crippen molar-refractivity contribution in [2.24, 2.45) is 23.5 Å². The fourth-order valence-electron chi connectivity index (χ4n) is 3.85. The molecule has 0 heterocycles. The van der Waals surface area contributed by atoms with Gasteiger partial charge in [0, 0.05) is 21.1 Å². The van der Waals surface area contributed by atoms with Crippen LogP contribution in [0.2, 0.25) is 0 Å². The first-order chi connectivity index (χ1) is 16.6. The molecule has 0 radical (unpaired) electrons. The largest absolute Gasteiger partial charge is 0.342 e. The summed E-state index contributed by atoms with van der Waals surface area (Å²) in [5, 5.41) is 2.83. The summed E-state index contributed by atoms with van der Waals surface area (Å²) in [6.07, 6.45) is 2.10. The number of carbonyl (C=O) groups excluding carboxylic acids is 5. The van der Waals surface area contributed by atoms with E-state index in [4.69, 9.17) is 5.73 Å². The smallest absolute Gasteiger partial charge is 0.245 e. The van der Waals surface area contributed by atoms with Crippen molar-refractivity contribution in [2.75, 3.05) is 27.7 Å². The van der Waals surface area contributed by atoms with Gasteiger partial charge in [-0.05, 0) is 37.0 Å². The van der Waals surface area contributed by atoms with Crippen LogP contribution in [0.4, 0.5) is 0 Å². The Balaban J connectivity index is 5.72. The highest BCUT2D eigenvalue weighted by molar-refractivity contribution is 5.94. The molecular weight excluding hydrogens is 462 g/mol. The van der Waals surface area contributed by atoms with Gasteiger partial charge in [0.15, 0.2) is 0 Å². The SMILES string of the molecule is CCC(N)C(=O)N(C)CC(=O)N(C)[C@@H](CC(C)C)C(=O)N[C@H](C(=O)N(C)[C@H](C=O)CC(C)C)C(C)C. The summed E-state index contributed by atoms with van der Waals surface area (Å²) in [6, 6.07) is -2.97. The number of amides is 4. The Morgan fingerprint density at radius 2 is 1.39 bits per heavy atom. The number of likely N-dealkylation sites (N-methyl/N-ethyl adjacent to an activating group) is 3. The van der Waals surface area contributed by atoms with Crippen LogP contribution in [0.1, 0.15) is 67.7 Å². The van der Waals surface area contributed by atoms with Crippen LogP contribution in [0.3, 0.4) is 0 Å². The molecule has 0 spiro atoms. The van der Waals surface area contributed by atoms with E-state index in [1.165, 1.54) is 28.8 Å². The summed E-state index contributed by atoms with van der Waals surface area (Å²) < 4.78 is 0. The van der Waals surface area contributed by atoms with E-state index in [-0.39, 0.29) is 36.1 Å². The van der Waals surface area contributed by atoms with Crippen LogP contribution in [0.5, 0.6) is 0 Å². The second-order valence-corrected chi connectivity index (χ2v) is 10.9. The molecule has 0 aromatic heterocycles. The average molecular weight is 512 g/mol. The Kier molecular flexibility index (Phi) is 14.5. The van der Waals surface area contributed by atoms with E-state index in [1.807, 2.05) is 41.5 Å². The summed E-state index contributed by atoms with van der Waals surface area (Å²) >= 11 is 0. The third-order valence-corrected chi connectivity index (χ3v) is 6.31. The summed E-state index contributed by atoms with van der Waals surface area (Å²) in [5.74, 6) is -1.49. The van der Waals surface area contributed by atoms with Gasteiger partial charge in [-0.1, -0.05) is 48.5 Å². The molecule has 0 aromatic carbocycles. The van der Waals surface area contributed by atoms with E-state index in [2.05, 4.69) is 5.32 Å². The molecule has 0 saturated heterocycles. The lowest BCUT2D eigenvalue weighted by Gasteiger charge is -2.34. The van der Waals surface area contributed by atoms with Crippen molar-refractivity contribution in [3.63, 3.8) is 0 Å². The molecule has 0 saturated carbocycles. The van der Waals surface area contributed by atoms with E-state index in [0.717, 1.165) is 6.29 Å². The lowest BCUT2D eigenvalue weighted by atomic mass is 9.97. The molecule has 3 N–H and O–H groups in total. The van der Waals surface area contributed by atoms with Gasteiger partial charge in [-0.2, -0.15) is 0 Å². The minimum atomic E-state index is -0.859. The molecule has 10 heteroatoms. The van der Waals surface area contributed by atoms with Gasteiger partial charge in [-0.25, -0.2) is 0 Å². The van der Waals surface area contributed by atoms with Gasteiger partial charge in [0.1, 0.15) is 18.4 Å². The molecule has 0 aliphatic rings. The van der Waals surface area contributed by atoms with Gasteiger partial charge < -0.3 is 30.5 Å². The van der Waals surface area contributed by atoms with Gasteiger partial charge >= 0.3 is 0 Å². The predicted molar refractivity (Wildman–Crippen MR) is 141 cm³/mol. The van der Waals surface area contributed by atoms with Gasteiger partial charge in [0.2, 0.25) is 23.6 Å². The molecule has 1 unspecified atom stereocenters. The van der Waals surface area contributed by atoms with Crippen LogP contribution in [0, 0.1) is 17.8 Å². The molecule has 36 heavy (non-hydrogen) atoms. The number of carbonyl (C=O) groups is 5. The number of nitrogens with one attached hydrogen (secondary N) is 1. The van der Waals surface area contributed by atoms with Crippen LogP contribution in [-0.4, -0.2) is 96.5 Å². The van der Waals surface area contributed by atoms with E-state index in [0.29, 0.717) is 19.3 Å². The van der Waals surface area contributed by atoms with Crippen LogP contribution in [0.15, 0.2) is 0 Å². The molecular formula is C26H49N5O5. The van der Waals surface area contributed by atoms with Crippen molar-refractivity contribution in [2.45, 2.75) is 91.9 Å². The summed E-state index contributed by atoms with van der Waals surface area (Å²) in [7, 11) is 4.60. The summed E-state index contributed by atoms with van der Waals surface area (Å²) in [6.45, 7) is 13.0. The van der Waals surface area contributed by atoms with E-state index in [9.17, 15) is 24.0 Å². The number of nitrogens with two attached hydrogens (primary N) is 1. The standard InChI is InChI=1S/C26H49N5O5/c1-11-20(27)25(35)29(8)14-22(33)31(10)21(13-17(4)5)24(34)28-23(18(6)7)26(36)30(9)19(15-32)12-16(2)3/h15-21,23H,11-14,27H2,1-10H3,(H,28,34)/t19-,20?,21-,23-/m0/s1. The Labute approximate surface area is 217 Å². The summed E-state index contributed by atoms with van der Waals surface area (Å²) in [4.78, 5) is 67.6. The lowest BCUT2D eigenvalue weighted by molar-refractivity contribution is -0.145. The average Bonchev–Trinajstić information content (AvgIpc) is 2.80. The number of nitrogens with zero attached hydrogens (tertiary/aromatic N) is 3. The molecule has 4 atom stereocenters. The first kappa shape index (κ1) is 33.5. The zero-order valence-corrected chi connectivity index (χ0v) is 23.9. The molecule has 4 amide bonds. The minimum Gasteiger partial charge on any atom is -0.342 e. The number of aldehydes is 1. The summed E-state index contributed by atoms with van der Waals surface area (Å²) in [5.41, 5.74) is 5.80. The van der Waals surface area contributed by atoms with E-state index >= 15 is 0 Å². The minimum absolute atomic E-state index is 0.0882. The monoisotopic (exact) mass is 511 g/mol. The van der Waals surface area contributed by atoms with Crippen molar-refractivity contribution in [1.82, 2.24) is 20.0 Å². The maximum Gasteiger partial charge on any atom is 0.245 e. The molecule has 208 valence electrons. The molecule has 0 aliphatic carbocycles. The molecule has 0 fully saturated rings. The van der Waals surface area contributed by atoms with Crippen molar-refractivity contribution in [1.29, 1.82) is 0 Å². The quantitative estimate of drug-likeness (QED) is 0.318. The molecule has 10 nitrogen and oxygen atoms in total.